The molecule has 1 aromatic carbocycles. The van der Waals surface area contributed by atoms with Crippen molar-refractivity contribution >= 4 is 22.6 Å². The van der Waals surface area contributed by atoms with Gasteiger partial charge in [-0.1, -0.05) is 0 Å². The molecule has 180 valence electrons. The van der Waals surface area contributed by atoms with Gasteiger partial charge < -0.3 is 20.5 Å². The number of halogens is 3. The van der Waals surface area contributed by atoms with Gasteiger partial charge in [-0.3, -0.25) is 9.78 Å². The van der Waals surface area contributed by atoms with Gasteiger partial charge in [-0.2, -0.15) is 13.2 Å². The van der Waals surface area contributed by atoms with Crippen molar-refractivity contribution in [2.75, 3.05) is 5.73 Å². The zero-order valence-corrected chi connectivity index (χ0v) is 18.9. The number of hydrogen-bond donors (Lipinski definition) is 2. The molecule has 3 aromatic rings. The fourth-order valence-electron chi connectivity index (χ4n) is 4.09. The van der Waals surface area contributed by atoms with Crippen LogP contribution in [0.4, 0.5) is 19.0 Å². The molecule has 1 aliphatic heterocycles. The third-order valence-corrected chi connectivity index (χ3v) is 6.23. The van der Waals surface area contributed by atoms with Gasteiger partial charge in [-0.05, 0) is 56.7 Å². The Bertz CT molecular complexity index is 1230. The lowest BCUT2D eigenvalue weighted by Crippen LogP contribution is -2.44. The van der Waals surface area contributed by atoms with Crippen LogP contribution >= 0.6 is 0 Å². The van der Waals surface area contributed by atoms with Crippen molar-refractivity contribution in [2.45, 2.75) is 58.3 Å². The minimum Gasteiger partial charge on any atom is -0.391 e. The average molecular weight is 474 g/mol. The number of pyridine rings is 2. The van der Waals surface area contributed by atoms with Crippen LogP contribution in [0, 0.1) is 0 Å². The highest BCUT2D eigenvalue weighted by Crippen LogP contribution is 2.38. The van der Waals surface area contributed by atoms with Crippen molar-refractivity contribution in [3.63, 3.8) is 0 Å². The summed E-state index contributed by atoms with van der Waals surface area (Å²) in [5.74, 6) is -0.00107. The maximum absolute atomic E-state index is 13.5. The number of carbonyl (C=O) groups excluding carboxylic acids is 1. The molecule has 0 saturated carbocycles. The summed E-state index contributed by atoms with van der Waals surface area (Å²) in [5.41, 5.74) is 8.16. The maximum Gasteiger partial charge on any atom is 0.417 e. The number of aromatic nitrogens is 2. The standard InChI is InChI=1S/C24H25F3N4O3/c1-12(13(2)32)31(10-17-6-5-16(9-29-17)24(25,26)27)23(33)15-4-7-20-18(8-15)19-11-34-14(3)21(19)22(28)30-20/h4-9,12-14,32H,10-11H2,1-3H3,(H2,28,30)/t12-,13+,14+/m1/s1. The van der Waals surface area contributed by atoms with Gasteiger partial charge in [0.1, 0.15) is 5.82 Å². The number of ether oxygens (including phenoxy) is 1. The topological polar surface area (TPSA) is 102 Å². The number of anilines is 1. The van der Waals surface area contributed by atoms with Crippen molar-refractivity contribution in [3.8, 4) is 0 Å². The van der Waals surface area contributed by atoms with Crippen LogP contribution in [0.5, 0.6) is 0 Å². The highest BCUT2D eigenvalue weighted by atomic mass is 19.4. The van der Waals surface area contributed by atoms with Crippen LogP contribution in [0.3, 0.4) is 0 Å². The number of carbonyl (C=O) groups is 1. The molecule has 0 bridgehead atoms. The Labute approximate surface area is 194 Å². The second-order valence-electron chi connectivity index (χ2n) is 8.52. The van der Waals surface area contributed by atoms with Crippen LogP contribution in [-0.2, 0) is 24.1 Å². The Balaban J connectivity index is 1.70. The van der Waals surface area contributed by atoms with Gasteiger partial charge in [0.25, 0.3) is 5.91 Å². The Kier molecular flexibility index (Phi) is 6.22. The highest BCUT2D eigenvalue weighted by Gasteiger charge is 2.32. The Hall–Kier alpha value is -3.24. The first-order valence-corrected chi connectivity index (χ1v) is 10.8. The number of nitrogens with zero attached hydrogens (tertiary/aromatic N) is 3. The van der Waals surface area contributed by atoms with E-state index in [2.05, 4.69) is 9.97 Å². The summed E-state index contributed by atoms with van der Waals surface area (Å²) >= 11 is 0. The molecule has 0 radical (unpaired) electrons. The molecular weight excluding hydrogens is 449 g/mol. The van der Waals surface area contributed by atoms with Crippen molar-refractivity contribution in [2.24, 2.45) is 0 Å². The number of rotatable bonds is 5. The van der Waals surface area contributed by atoms with E-state index in [1.807, 2.05) is 6.92 Å². The Morgan fingerprint density at radius 3 is 2.65 bits per heavy atom. The zero-order chi connectivity index (χ0) is 24.8. The van der Waals surface area contributed by atoms with Crippen LogP contribution in [0.2, 0.25) is 0 Å². The fraction of sp³-hybridized carbons (Fsp3) is 0.375. The SMILES string of the molecule is C[C@@H]1OCc2c1c(N)nc1ccc(C(=O)N(Cc3ccc(C(F)(F)F)cn3)[C@H](C)[C@H](C)O)cc21. The number of alkyl halides is 3. The van der Waals surface area contributed by atoms with Gasteiger partial charge in [0.15, 0.2) is 0 Å². The van der Waals surface area contributed by atoms with Crippen molar-refractivity contribution < 1.29 is 27.8 Å². The van der Waals surface area contributed by atoms with Gasteiger partial charge in [-0.25, -0.2) is 4.98 Å². The number of fused-ring (bicyclic) bond motifs is 3. The number of nitrogens with two attached hydrogens (primary N) is 1. The lowest BCUT2D eigenvalue weighted by Gasteiger charge is -2.31. The molecule has 34 heavy (non-hydrogen) atoms. The molecule has 0 aliphatic carbocycles. The zero-order valence-electron chi connectivity index (χ0n) is 18.9. The summed E-state index contributed by atoms with van der Waals surface area (Å²) in [6.45, 7) is 5.38. The third kappa shape index (κ3) is 4.43. The first kappa shape index (κ1) is 23.9. The summed E-state index contributed by atoms with van der Waals surface area (Å²) in [5, 5.41) is 10.9. The first-order chi connectivity index (χ1) is 16.0. The lowest BCUT2D eigenvalue weighted by atomic mass is 9.99. The van der Waals surface area contributed by atoms with Crippen LogP contribution in [0.15, 0.2) is 36.5 Å². The lowest BCUT2D eigenvalue weighted by molar-refractivity contribution is -0.137. The quantitative estimate of drug-likeness (QED) is 0.574. The highest BCUT2D eigenvalue weighted by molar-refractivity contribution is 5.99. The summed E-state index contributed by atoms with van der Waals surface area (Å²) < 4.78 is 44.3. The smallest absolute Gasteiger partial charge is 0.391 e. The predicted octanol–water partition coefficient (Wildman–Crippen LogP) is 4.23. The number of benzene rings is 1. The summed E-state index contributed by atoms with van der Waals surface area (Å²) in [7, 11) is 0. The molecular formula is C24H25F3N4O3. The van der Waals surface area contributed by atoms with Crippen LogP contribution < -0.4 is 5.73 Å². The molecule has 3 heterocycles. The third-order valence-electron chi connectivity index (χ3n) is 6.23. The van der Waals surface area contributed by atoms with Crippen LogP contribution in [0.25, 0.3) is 10.9 Å². The van der Waals surface area contributed by atoms with E-state index in [1.165, 1.54) is 11.0 Å². The second-order valence-corrected chi connectivity index (χ2v) is 8.52. The second kappa shape index (κ2) is 8.84. The number of amides is 1. The van der Waals surface area contributed by atoms with Crippen LogP contribution in [-0.4, -0.2) is 38.0 Å². The van der Waals surface area contributed by atoms with Gasteiger partial charge >= 0.3 is 6.18 Å². The van der Waals surface area contributed by atoms with Crippen LogP contribution in [0.1, 0.15) is 59.6 Å². The Morgan fingerprint density at radius 2 is 2.03 bits per heavy atom. The number of aliphatic hydroxyl groups excluding tert-OH is 1. The van der Waals surface area contributed by atoms with E-state index < -0.39 is 29.8 Å². The van der Waals surface area contributed by atoms with E-state index in [1.54, 1.807) is 32.0 Å². The normalized spacial score (nSPS) is 17.4. The summed E-state index contributed by atoms with van der Waals surface area (Å²) in [6.07, 6.45) is -4.85. The van der Waals surface area contributed by atoms with E-state index in [-0.39, 0.29) is 18.3 Å². The molecule has 0 unspecified atom stereocenters. The Morgan fingerprint density at radius 1 is 1.29 bits per heavy atom. The first-order valence-electron chi connectivity index (χ1n) is 10.8. The molecule has 7 nitrogen and oxygen atoms in total. The monoisotopic (exact) mass is 474 g/mol. The van der Waals surface area contributed by atoms with Gasteiger partial charge in [0.05, 0.1) is 48.2 Å². The summed E-state index contributed by atoms with van der Waals surface area (Å²) in [4.78, 5) is 23.2. The maximum atomic E-state index is 13.5. The summed E-state index contributed by atoms with van der Waals surface area (Å²) in [6, 6.07) is 6.57. The molecule has 1 aliphatic rings. The largest absolute Gasteiger partial charge is 0.417 e. The number of nitrogen functional groups attached to an aromatic ring is 1. The molecule has 0 fully saturated rings. The minimum atomic E-state index is -4.50. The van der Waals surface area contributed by atoms with Gasteiger partial charge in [0.2, 0.25) is 0 Å². The molecule has 3 N–H and O–H groups in total. The minimum absolute atomic E-state index is 0.0701. The van der Waals surface area contributed by atoms with Crippen molar-refractivity contribution in [1.82, 2.24) is 14.9 Å². The molecule has 0 saturated heterocycles. The average Bonchev–Trinajstić information content (AvgIpc) is 3.18. The van der Waals surface area contributed by atoms with Crippen molar-refractivity contribution in [1.29, 1.82) is 0 Å². The van der Waals surface area contributed by atoms with E-state index in [0.29, 0.717) is 23.5 Å². The van der Waals surface area contributed by atoms with Gasteiger partial charge in [0, 0.05) is 22.7 Å². The van der Waals surface area contributed by atoms with E-state index in [4.69, 9.17) is 10.5 Å². The fourth-order valence-corrected chi connectivity index (χ4v) is 4.09. The van der Waals surface area contributed by atoms with E-state index >= 15 is 0 Å². The van der Waals surface area contributed by atoms with E-state index in [9.17, 15) is 23.1 Å². The van der Waals surface area contributed by atoms with Crippen molar-refractivity contribution in [3.05, 3.63) is 64.5 Å². The van der Waals surface area contributed by atoms with E-state index in [0.717, 1.165) is 28.8 Å². The number of hydrogen-bond acceptors (Lipinski definition) is 6. The molecule has 10 heteroatoms. The molecule has 0 spiro atoms. The predicted molar refractivity (Wildman–Crippen MR) is 120 cm³/mol. The molecule has 1 amide bonds. The molecule has 2 aromatic heterocycles. The number of aliphatic hydroxyl groups is 1. The molecule has 3 atom stereocenters. The molecule has 4 rings (SSSR count). The van der Waals surface area contributed by atoms with Gasteiger partial charge in [-0.15, -0.1) is 0 Å².